The molecule has 13 heavy (non-hydrogen) atoms. The zero-order valence-corrected chi connectivity index (χ0v) is 7.46. The maximum atomic E-state index is 9.41. The van der Waals surface area contributed by atoms with Crippen LogP contribution in [0.4, 0.5) is 0 Å². The average molecular weight is 183 g/mol. The van der Waals surface area contributed by atoms with E-state index >= 15 is 0 Å². The number of nitrogens with zero attached hydrogens (tertiary/aromatic N) is 3. The van der Waals surface area contributed by atoms with Gasteiger partial charge in [-0.1, -0.05) is 0 Å². The van der Waals surface area contributed by atoms with Crippen molar-refractivity contribution in [1.29, 1.82) is 0 Å². The third-order valence-corrected chi connectivity index (χ3v) is 1.58. The largest absolute Gasteiger partial charge is 0.393 e. The molecule has 1 heterocycles. The molecular weight excluding hydrogens is 170 g/mol. The Hall–Kier alpha value is -1.07. The van der Waals surface area contributed by atoms with E-state index in [1.54, 1.807) is 6.92 Å². The third kappa shape index (κ3) is 3.91. The van der Waals surface area contributed by atoms with Crippen LogP contribution in [0.2, 0.25) is 0 Å². The standard InChI is InChI=1S/C8H13N3O2/c1-6(12)2-7(13)3-8-10-4-9-5-11-8/h4-7,12-13H,2-3H2,1H3. The van der Waals surface area contributed by atoms with Gasteiger partial charge in [0.25, 0.3) is 0 Å². The van der Waals surface area contributed by atoms with Crippen LogP contribution in [0.15, 0.2) is 12.7 Å². The van der Waals surface area contributed by atoms with Gasteiger partial charge in [-0.3, -0.25) is 0 Å². The number of aliphatic hydroxyl groups is 2. The fourth-order valence-corrected chi connectivity index (χ4v) is 1.06. The summed E-state index contributed by atoms with van der Waals surface area (Å²) in [5.41, 5.74) is 0. The van der Waals surface area contributed by atoms with Gasteiger partial charge in [-0.05, 0) is 13.3 Å². The maximum Gasteiger partial charge on any atom is 0.134 e. The Labute approximate surface area is 76.5 Å². The topological polar surface area (TPSA) is 79.1 Å². The van der Waals surface area contributed by atoms with E-state index in [0.29, 0.717) is 18.7 Å². The van der Waals surface area contributed by atoms with E-state index in [2.05, 4.69) is 15.0 Å². The summed E-state index contributed by atoms with van der Waals surface area (Å²) < 4.78 is 0. The highest BCUT2D eigenvalue weighted by Crippen LogP contribution is 2.02. The number of hydrogen-bond donors (Lipinski definition) is 2. The van der Waals surface area contributed by atoms with Gasteiger partial charge in [-0.25, -0.2) is 15.0 Å². The first-order chi connectivity index (χ1) is 6.18. The summed E-state index contributed by atoms with van der Waals surface area (Å²) in [7, 11) is 0. The average Bonchev–Trinajstić information content (AvgIpc) is 2.04. The molecule has 1 rings (SSSR count). The van der Waals surface area contributed by atoms with Crippen molar-refractivity contribution >= 4 is 0 Å². The first-order valence-corrected chi connectivity index (χ1v) is 4.15. The Morgan fingerprint density at radius 3 is 2.46 bits per heavy atom. The third-order valence-electron chi connectivity index (χ3n) is 1.58. The minimum absolute atomic E-state index is 0.339. The molecule has 5 nitrogen and oxygen atoms in total. The zero-order valence-electron chi connectivity index (χ0n) is 7.46. The van der Waals surface area contributed by atoms with Crippen LogP contribution in [0.1, 0.15) is 19.2 Å². The van der Waals surface area contributed by atoms with Crippen molar-refractivity contribution in [2.75, 3.05) is 0 Å². The molecule has 0 aliphatic heterocycles. The predicted molar refractivity (Wildman–Crippen MR) is 45.8 cm³/mol. The molecule has 2 atom stereocenters. The molecule has 2 unspecified atom stereocenters. The van der Waals surface area contributed by atoms with Gasteiger partial charge < -0.3 is 10.2 Å². The monoisotopic (exact) mass is 183 g/mol. The SMILES string of the molecule is CC(O)CC(O)Cc1ncncn1. The van der Waals surface area contributed by atoms with Crippen molar-refractivity contribution in [2.24, 2.45) is 0 Å². The van der Waals surface area contributed by atoms with E-state index in [1.807, 2.05) is 0 Å². The Bertz CT molecular complexity index is 240. The molecular formula is C8H13N3O2. The minimum atomic E-state index is -0.595. The second-order valence-corrected chi connectivity index (χ2v) is 3.00. The molecule has 5 heteroatoms. The highest BCUT2D eigenvalue weighted by Gasteiger charge is 2.09. The molecule has 0 aromatic carbocycles. The second-order valence-electron chi connectivity index (χ2n) is 3.00. The Morgan fingerprint density at radius 1 is 1.31 bits per heavy atom. The summed E-state index contributed by atoms with van der Waals surface area (Å²) >= 11 is 0. The van der Waals surface area contributed by atoms with E-state index in [1.165, 1.54) is 12.7 Å². The quantitative estimate of drug-likeness (QED) is 0.660. The van der Waals surface area contributed by atoms with Crippen molar-refractivity contribution in [2.45, 2.75) is 32.0 Å². The van der Waals surface area contributed by atoms with Crippen molar-refractivity contribution in [3.8, 4) is 0 Å². The number of hydrogen-bond acceptors (Lipinski definition) is 5. The Kier molecular flexibility index (Phi) is 3.72. The van der Waals surface area contributed by atoms with Crippen LogP contribution in [-0.4, -0.2) is 37.4 Å². The Balaban J connectivity index is 2.41. The van der Waals surface area contributed by atoms with E-state index in [0.717, 1.165) is 0 Å². The molecule has 0 aliphatic rings. The second kappa shape index (κ2) is 4.84. The van der Waals surface area contributed by atoms with E-state index in [-0.39, 0.29) is 0 Å². The van der Waals surface area contributed by atoms with Crippen LogP contribution < -0.4 is 0 Å². The van der Waals surface area contributed by atoms with E-state index in [4.69, 9.17) is 5.11 Å². The van der Waals surface area contributed by atoms with Gasteiger partial charge in [-0.2, -0.15) is 0 Å². The molecule has 0 radical (unpaired) electrons. The highest BCUT2D eigenvalue weighted by atomic mass is 16.3. The number of rotatable bonds is 4. The van der Waals surface area contributed by atoms with Gasteiger partial charge in [0.1, 0.15) is 18.5 Å². The molecule has 1 aromatic rings. The van der Waals surface area contributed by atoms with Crippen LogP contribution in [0, 0.1) is 0 Å². The van der Waals surface area contributed by atoms with Crippen LogP contribution >= 0.6 is 0 Å². The van der Waals surface area contributed by atoms with Crippen LogP contribution in [0.25, 0.3) is 0 Å². The van der Waals surface area contributed by atoms with Crippen molar-refractivity contribution in [1.82, 2.24) is 15.0 Å². The lowest BCUT2D eigenvalue weighted by molar-refractivity contribution is 0.0896. The zero-order chi connectivity index (χ0) is 9.68. The molecule has 1 aromatic heterocycles. The highest BCUT2D eigenvalue weighted by molar-refractivity contribution is 4.84. The molecule has 0 aliphatic carbocycles. The van der Waals surface area contributed by atoms with Gasteiger partial charge in [0, 0.05) is 6.42 Å². The lowest BCUT2D eigenvalue weighted by Crippen LogP contribution is -2.18. The summed E-state index contributed by atoms with van der Waals surface area (Å²) in [5.74, 6) is 0.545. The molecule has 72 valence electrons. The minimum Gasteiger partial charge on any atom is -0.393 e. The first-order valence-electron chi connectivity index (χ1n) is 4.15. The van der Waals surface area contributed by atoms with Crippen molar-refractivity contribution < 1.29 is 10.2 Å². The summed E-state index contributed by atoms with van der Waals surface area (Å²) in [6, 6.07) is 0. The van der Waals surface area contributed by atoms with Crippen molar-refractivity contribution in [3.63, 3.8) is 0 Å². The number of aliphatic hydroxyl groups excluding tert-OH is 2. The smallest absolute Gasteiger partial charge is 0.134 e. The molecule has 0 bridgehead atoms. The van der Waals surface area contributed by atoms with Gasteiger partial charge in [0.05, 0.1) is 12.2 Å². The number of aromatic nitrogens is 3. The van der Waals surface area contributed by atoms with Gasteiger partial charge >= 0.3 is 0 Å². The predicted octanol–water partition coefficient (Wildman–Crippen LogP) is -0.454. The summed E-state index contributed by atoms with van der Waals surface area (Å²) in [6.45, 7) is 1.64. The van der Waals surface area contributed by atoms with Crippen LogP contribution in [0.5, 0.6) is 0 Å². The summed E-state index contributed by atoms with van der Waals surface area (Å²) in [5, 5.41) is 18.4. The molecule has 0 saturated heterocycles. The molecule has 0 saturated carbocycles. The van der Waals surface area contributed by atoms with E-state index in [9.17, 15) is 5.11 Å². The maximum absolute atomic E-state index is 9.41. The van der Waals surface area contributed by atoms with Crippen molar-refractivity contribution in [3.05, 3.63) is 18.5 Å². The first kappa shape index (κ1) is 10.0. The lowest BCUT2D eigenvalue weighted by atomic mass is 10.1. The van der Waals surface area contributed by atoms with Gasteiger partial charge in [0.15, 0.2) is 0 Å². The van der Waals surface area contributed by atoms with Gasteiger partial charge in [-0.15, -0.1) is 0 Å². The van der Waals surface area contributed by atoms with Gasteiger partial charge in [0.2, 0.25) is 0 Å². The summed E-state index contributed by atoms with van der Waals surface area (Å²) in [6.07, 6.45) is 2.37. The molecule has 2 N–H and O–H groups in total. The fourth-order valence-electron chi connectivity index (χ4n) is 1.06. The molecule has 0 amide bonds. The molecule has 0 fully saturated rings. The lowest BCUT2D eigenvalue weighted by Gasteiger charge is -2.10. The fraction of sp³-hybridized carbons (Fsp3) is 0.625. The normalized spacial score (nSPS) is 15.3. The Morgan fingerprint density at radius 2 is 1.92 bits per heavy atom. The molecule has 0 spiro atoms. The van der Waals surface area contributed by atoms with Crippen LogP contribution in [-0.2, 0) is 6.42 Å². The van der Waals surface area contributed by atoms with E-state index < -0.39 is 12.2 Å². The summed E-state index contributed by atoms with van der Waals surface area (Å²) in [4.78, 5) is 11.4. The van der Waals surface area contributed by atoms with Crippen LogP contribution in [0.3, 0.4) is 0 Å².